The second kappa shape index (κ2) is 6.69. The lowest BCUT2D eigenvalue weighted by Gasteiger charge is -2.07. The molecule has 0 amide bonds. The lowest BCUT2D eigenvalue weighted by Crippen LogP contribution is -2.13. The Bertz CT molecular complexity index is 759. The van der Waals surface area contributed by atoms with Crippen LogP contribution in [0.5, 0.6) is 5.75 Å². The number of hydrogen-bond acceptors (Lipinski definition) is 4. The zero-order chi connectivity index (χ0) is 17.1. The van der Waals surface area contributed by atoms with Gasteiger partial charge in [-0.2, -0.15) is 0 Å². The van der Waals surface area contributed by atoms with Crippen molar-refractivity contribution in [2.45, 2.75) is 20.8 Å². The quantitative estimate of drug-likeness (QED) is 0.629. The zero-order valence-electron chi connectivity index (χ0n) is 14.1. The topological polar surface area (TPSA) is 57.5 Å². The number of nitrogens with zero attached hydrogens (tertiary/aromatic N) is 1. The van der Waals surface area contributed by atoms with Crippen molar-refractivity contribution < 1.29 is 19.1 Å². The SMILES string of the molecule is COC(=O)c1c(C)c(C(=O)COc2cccc(C)c2)c(C)n1C. The van der Waals surface area contributed by atoms with Crippen LogP contribution in [0.15, 0.2) is 24.3 Å². The third-order valence-corrected chi connectivity index (χ3v) is 3.95. The average molecular weight is 315 g/mol. The van der Waals surface area contributed by atoms with Crippen molar-refractivity contribution in [3.05, 3.63) is 52.3 Å². The van der Waals surface area contributed by atoms with E-state index in [-0.39, 0.29) is 12.4 Å². The summed E-state index contributed by atoms with van der Waals surface area (Å²) < 4.78 is 12.0. The van der Waals surface area contributed by atoms with Crippen molar-refractivity contribution in [1.29, 1.82) is 0 Å². The summed E-state index contributed by atoms with van der Waals surface area (Å²) in [5.74, 6) is 0.0387. The normalized spacial score (nSPS) is 10.5. The predicted octanol–water partition coefficient (Wildman–Crippen LogP) is 3.00. The molecule has 2 aromatic rings. The molecule has 0 radical (unpaired) electrons. The van der Waals surface area contributed by atoms with E-state index in [0.717, 1.165) is 11.3 Å². The molecule has 122 valence electrons. The van der Waals surface area contributed by atoms with Gasteiger partial charge in [-0.15, -0.1) is 0 Å². The molecule has 0 saturated heterocycles. The van der Waals surface area contributed by atoms with Gasteiger partial charge >= 0.3 is 5.97 Å². The third kappa shape index (κ3) is 3.28. The number of Topliss-reactive ketones (excluding diaryl/α,β-unsaturated/α-hetero) is 1. The standard InChI is InChI=1S/C18H21NO4/c1-11-7-6-8-14(9-11)23-10-15(20)16-12(2)17(18(21)22-5)19(4)13(16)3/h6-9H,10H2,1-5H3. The number of hydrogen-bond donors (Lipinski definition) is 0. The van der Waals surface area contributed by atoms with Crippen LogP contribution in [0.4, 0.5) is 0 Å². The molecule has 0 aliphatic carbocycles. The Morgan fingerprint density at radius 2 is 1.87 bits per heavy atom. The predicted molar refractivity (Wildman–Crippen MR) is 87.2 cm³/mol. The van der Waals surface area contributed by atoms with Gasteiger partial charge in [0, 0.05) is 18.3 Å². The fourth-order valence-electron chi connectivity index (χ4n) is 2.70. The van der Waals surface area contributed by atoms with Crippen LogP contribution >= 0.6 is 0 Å². The molecule has 0 fully saturated rings. The van der Waals surface area contributed by atoms with Crippen LogP contribution < -0.4 is 4.74 Å². The second-order valence-corrected chi connectivity index (χ2v) is 5.51. The first kappa shape index (κ1) is 16.8. The Hall–Kier alpha value is -2.56. The van der Waals surface area contributed by atoms with E-state index in [2.05, 4.69) is 0 Å². The fraction of sp³-hybridized carbons (Fsp3) is 0.333. The molecular weight excluding hydrogens is 294 g/mol. The van der Waals surface area contributed by atoms with Gasteiger partial charge in [0.05, 0.1) is 7.11 Å². The van der Waals surface area contributed by atoms with Crippen LogP contribution in [0.2, 0.25) is 0 Å². The molecule has 0 spiro atoms. The Morgan fingerprint density at radius 1 is 1.17 bits per heavy atom. The van der Waals surface area contributed by atoms with Crippen LogP contribution in [0.25, 0.3) is 0 Å². The number of aryl methyl sites for hydroxylation is 1. The van der Waals surface area contributed by atoms with Gasteiger partial charge in [-0.05, 0) is 44.0 Å². The molecule has 5 heteroatoms. The highest BCUT2D eigenvalue weighted by Crippen LogP contribution is 2.23. The van der Waals surface area contributed by atoms with Crippen molar-refractivity contribution in [2.24, 2.45) is 7.05 Å². The molecule has 0 aliphatic rings. The van der Waals surface area contributed by atoms with E-state index in [4.69, 9.17) is 9.47 Å². The first-order chi connectivity index (χ1) is 10.9. The molecule has 23 heavy (non-hydrogen) atoms. The van der Waals surface area contributed by atoms with Gasteiger partial charge < -0.3 is 14.0 Å². The molecule has 1 heterocycles. The van der Waals surface area contributed by atoms with Crippen LogP contribution in [0, 0.1) is 20.8 Å². The van der Waals surface area contributed by atoms with Crippen molar-refractivity contribution in [3.8, 4) is 5.75 Å². The molecule has 0 saturated carbocycles. The van der Waals surface area contributed by atoms with E-state index in [1.54, 1.807) is 25.5 Å². The minimum atomic E-state index is -0.452. The number of methoxy groups -OCH3 is 1. The summed E-state index contributed by atoms with van der Waals surface area (Å²) in [6.45, 7) is 5.44. The number of ketones is 1. The second-order valence-electron chi connectivity index (χ2n) is 5.51. The van der Waals surface area contributed by atoms with Crippen molar-refractivity contribution in [3.63, 3.8) is 0 Å². The van der Waals surface area contributed by atoms with E-state index < -0.39 is 5.97 Å². The largest absolute Gasteiger partial charge is 0.485 e. The molecule has 1 aromatic heterocycles. The summed E-state index contributed by atoms with van der Waals surface area (Å²) in [7, 11) is 3.07. The number of ether oxygens (including phenoxy) is 2. The molecule has 0 N–H and O–H groups in total. The minimum absolute atomic E-state index is 0.0737. The molecule has 0 unspecified atom stereocenters. The van der Waals surface area contributed by atoms with Crippen molar-refractivity contribution in [2.75, 3.05) is 13.7 Å². The van der Waals surface area contributed by atoms with E-state index in [1.807, 2.05) is 31.2 Å². The summed E-state index contributed by atoms with van der Waals surface area (Å²) in [5.41, 5.74) is 3.31. The Morgan fingerprint density at radius 3 is 2.48 bits per heavy atom. The number of carbonyl (C=O) groups is 2. The molecule has 0 atom stereocenters. The highest BCUT2D eigenvalue weighted by atomic mass is 16.5. The lowest BCUT2D eigenvalue weighted by molar-refractivity contribution is 0.0588. The van der Waals surface area contributed by atoms with Crippen molar-refractivity contribution in [1.82, 2.24) is 4.57 Å². The number of rotatable bonds is 5. The van der Waals surface area contributed by atoms with Crippen LogP contribution in [0.1, 0.15) is 37.7 Å². The first-order valence-corrected chi connectivity index (χ1v) is 7.33. The summed E-state index contributed by atoms with van der Waals surface area (Å²) in [6.07, 6.45) is 0. The Labute approximate surface area is 135 Å². The summed E-state index contributed by atoms with van der Waals surface area (Å²) in [4.78, 5) is 24.4. The number of carbonyl (C=O) groups excluding carboxylic acids is 2. The fourth-order valence-corrected chi connectivity index (χ4v) is 2.70. The first-order valence-electron chi connectivity index (χ1n) is 7.33. The zero-order valence-corrected chi connectivity index (χ0v) is 14.1. The van der Waals surface area contributed by atoms with Gasteiger partial charge in [0.15, 0.2) is 6.61 Å². The van der Waals surface area contributed by atoms with Gasteiger partial charge in [-0.1, -0.05) is 12.1 Å². The Balaban J connectivity index is 2.24. The van der Waals surface area contributed by atoms with Gasteiger partial charge in [0.2, 0.25) is 5.78 Å². The van der Waals surface area contributed by atoms with Crippen LogP contribution in [-0.2, 0) is 11.8 Å². The van der Waals surface area contributed by atoms with Gasteiger partial charge in [0.25, 0.3) is 0 Å². The molecule has 2 rings (SSSR count). The molecule has 0 aliphatic heterocycles. The molecular formula is C18H21NO4. The van der Waals surface area contributed by atoms with E-state index in [9.17, 15) is 9.59 Å². The maximum absolute atomic E-state index is 12.5. The summed E-state index contributed by atoms with van der Waals surface area (Å²) in [5, 5.41) is 0. The van der Waals surface area contributed by atoms with Gasteiger partial charge in [0.1, 0.15) is 11.4 Å². The maximum Gasteiger partial charge on any atom is 0.354 e. The lowest BCUT2D eigenvalue weighted by atomic mass is 10.1. The highest BCUT2D eigenvalue weighted by molar-refractivity contribution is 6.03. The monoisotopic (exact) mass is 315 g/mol. The van der Waals surface area contributed by atoms with Crippen LogP contribution in [-0.4, -0.2) is 30.0 Å². The number of benzene rings is 1. The molecule has 1 aromatic carbocycles. The number of aromatic nitrogens is 1. The highest BCUT2D eigenvalue weighted by Gasteiger charge is 2.25. The maximum atomic E-state index is 12.5. The third-order valence-electron chi connectivity index (χ3n) is 3.95. The van der Waals surface area contributed by atoms with Gasteiger partial charge in [-0.3, -0.25) is 4.79 Å². The molecule has 5 nitrogen and oxygen atoms in total. The van der Waals surface area contributed by atoms with E-state index in [0.29, 0.717) is 22.6 Å². The van der Waals surface area contributed by atoms with E-state index >= 15 is 0 Å². The van der Waals surface area contributed by atoms with Crippen LogP contribution in [0.3, 0.4) is 0 Å². The average Bonchev–Trinajstić information content (AvgIpc) is 2.74. The summed E-state index contributed by atoms with van der Waals surface area (Å²) in [6, 6.07) is 7.52. The van der Waals surface area contributed by atoms with Crippen molar-refractivity contribution >= 4 is 11.8 Å². The smallest absolute Gasteiger partial charge is 0.354 e. The number of esters is 1. The van der Waals surface area contributed by atoms with E-state index in [1.165, 1.54) is 7.11 Å². The molecule has 0 bridgehead atoms. The minimum Gasteiger partial charge on any atom is -0.485 e. The Kier molecular flexibility index (Phi) is 4.89. The summed E-state index contributed by atoms with van der Waals surface area (Å²) >= 11 is 0. The van der Waals surface area contributed by atoms with Gasteiger partial charge in [-0.25, -0.2) is 4.79 Å².